The van der Waals surface area contributed by atoms with Crippen LogP contribution in [0.4, 0.5) is 13.2 Å². The first kappa shape index (κ1) is 24.9. The maximum absolute atomic E-state index is 13.6. The van der Waals surface area contributed by atoms with E-state index in [1.807, 2.05) is 19.1 Å². The minimum absolute atomic E-state index is 0.114. The molecule has 0 spiro atoms. The Morgan fingerprint density at radius 1 is 0.895 bits per heavy atom. The first-order valence-corrected chi connectivity index (χ1v) is 11.3. The van der Waals surface area contributed by atoms with Gasteiger partial charge in [0.2, 0.25) is 0 Å². The molecule has 0 N–H and O–H groups in total. The molecule has 13 heteroatoms. The molecule has 0 saturated heterocycles. The number of ether oxygens (including phenoxy) is 1. The van der Waals surface area contributed by atoms with Crippen LogP contribution in [0.25, 0.3) is 27.9 Å². The lowest BCUT2D eigenvalue weighted by molar-refractivity contribution is -0.141. The molecule has 0 aliphatic heterocycles. The second-order valence-corrected chi connectivity index (χ2v) is 8.53. The first-order valence-electron chi connectivity index (χ1n) is 11.3. The van der Waals surface area contributed by atoms with Crippen molar-refractivity contribution in [1.82, 2.24) is 33.9 Å². The third-order valence-corrected chi connectivity index (χ3v) is 5.99. The summed E-state index contributed by atoms with van der Waals surface area (Å²) in [4.78, 5) is 38.7. The van der Waals surface area contributed by atoms with Gasteiger partial charge in [0, 0.05) is 36.8 Å². The molecule has 0 aliphatic rings. The van der Waals surface area contributed by atoms with Gasteiger partial charge in [0.05, 0.1) is 19.2 Å². The normalized spacial score (nSPS) is 11.7. The fourth-order valence-corrected chi connectivity index (χ4v) is 4.07. The van der Waals surface area contributed by atoms with E-state index >= 15 is 0 Å². The van der Waals surface area contributed by atoms with E-state index in [0.29, 0.717) is 22.3 Å². The highest BCUT2D eigenvalue weighted by Gasteiger charge is 2.32. The fraction of sp³-hybridized carbons (Fsp3) is 0.200. The molecule has 0 atom stereocenters. The number of rotatable bonds is 5. The number of aromatic nitrogens is 7. The largest absolute Gasteiger partial charge is 0.467 e. The molecule has 10 nitrogen and oxygen atoms in total. The quantitative estimate of drug-likeness (QED) is 0.348. The number of nitrogens with zero attached hydrogens (tertiary/aromatic N) is 7. The summed E-state index contributed by atoms with van der Waals surface area (Å²) in [5.41, 5.74) is 0.889. The van der Waals surface area contributed by atoms with E-state index in [-0.39, 0.29) is 23.8 Å². The molecule has 5 rings (SSSR count). The summed E-state index contributed by atoms with van der Waals surface area (Å²) in [5, 5.41) is 4.47. The van der Waals surface area contributed by atoms with Crippen molar-refractivity contribution in [2.45, 2.75) is 19.6 Å². The molecule has 194 valence electrons. The lowest BCUT2D eigenvalue weighted by atomic mass is 9.97. The maximum Gasteiger partial charge on any atom is 0.433 e. The predicted molar refractivity (Wildman–Crippen MR) is 131 cm³/mol. The second-order valence-electron chi connectivity index (χ2n) is 8.53. The molecule has 1 aromatic carbocycles. The van der Waals surface area contributed by atoms with Gasteiger partial charge in [-0.25, -0.2) is 24.1 Å². The van der Waals surface area contributed by atoms with E-state index in [1.54, 1.807) is 12.1 Å². The van der Waals surface area contributed by atoms with E-state index < -0.39 is 23.1 Å². The molecule has 0 unspecified atom stereocenters. The number of methoxy groups -OCH3 is 1. The number of aryl methyl sites for hydroxylation is 2. The molecular formula is C25H20F3N7O3. The van der Waals surface area contributed by atoms with Crippen LogP contribution in [0.3, 0.4) is 0 Å². The standard InChI is InChI=1S/C25H20F3N7O3/c1-14-4-7-16(8-5-14)20-19(17-11-30-23(38-3)31-12-17)21-32-34(24(37)35(21)33(2)22(20)36)13-15-6-9-18(29-10-15)25(26,27)28/h4-12H,13H2,1-3H3. The smallest absolute Gasteiger partial charge is 0.433 e. The van der Waals surface area contributed by atoms with E-state index in [2.05, 4.69) is 20.1 Å². The topological polar surface area (TPSA) is 109 Å². The Morgan fingerprint density at radius 2 is 1.58 bits per heavy atom. The van der Waals surface area contributed by atoms with Crippen molar-refractivity contribution in [3.63, 3.8) is 0 Å². The van der Waals surface area contributed by atoms with Crippen molar-refractivity contribution in [3.8, 4) is 28.3 Å². The molecule has 0 aliphatic carbocycles. The molecular weight excluding hydrogens is 503 g/mol. The maximum atomic E-state index is 13.6. The number of hydrogen-bond acceptors (Lipinski definition) is 7. The summed E-state index contributed by atoms with van der Waals surface area (Å²) < 4.78 is 47.1. The number of halogens is 3. The van der Waals surface area contributed by atoms with Crippen LogP contribution in [0.15, 0.2) is 64.6 Å². The molecule has 0 saturated carbocycles. The van der Waals surface area contributed by atoms with Gasteiger partial charge < -0.3 is 4.74 Å². The van der Waals surface area contributed by atoms with Crippen LogP contribution in [0.2, 0.25) is 0 Å². The molecule has 0 bridgehead atoms. The van der Waals surface area contributed by atoms with Gasteiger partial charge >= 0.3 is 17.9 Å². The van der Waals surface area contributed by atoms with E-state index in [9.17, 15) is 22.8 Å². The molecule has 0 fully saturated rings. The number of benzene rings is 1. The third-order valence-electron chi connectivity index (χ3n) is 5.99. The van der Waals surface area contributed by atoms with Crippen molar-refractivity contribution >= 4 is 5.65 Å². The van der Waals surface area contributed by atoms with Crippen LogP contribution in [0.1, 0.15) is 16.8 Å². The van der Waals surface area contributed by atoms with E-state index in [1.165, 1.54) is 32.6 Å². The van der Waals surface area contributed by atoms with Gasteiger partial charge in [-0.05, 0) is 24.1 Å². The van der Waals surface area contributed by atoms with Crippen LogP contribution in [0, 0.1) is 6.92 Å². The highest BCUT2D eigenvalue weighted by atomic mass is 19.4. The highest BCUT2D eigenvalue weighted by Crippen LogP contribution is 2.32. The molecule has 0 amide bonds. The molecule has 4 heterocycles. The van der Waals surface area contributed by atoms with Gasteiger partial charge in [0.15, 0.2) is 5.65 Å². The Hall–Kier alpha value is -4.81. The van der Waals surface area contributed by atoms with Crippen molar-refractivity contribution in [1.29, 1.82) is 0 Å². The van der Waals surface area contributed by atoms with Crippen molar-refractivity contribution in [2.24, 2.45) is 7.05 Å². The zero-order valence-corrected chi connectivity index (χ0v) is 20.4. The minimum atomic E-state index is -4.58. The average molecular weight is 523 g/mol. The van der Waals surface area contributed by atoms with E-state index in [0.717, 1.165) is 31.7 Å². The lowest BCUT2D eigenvalue weighted by Crippen LogP contribution is -2.33. The first-order chi connectivity index (χ1) is 18.1. The van der Waals surface area contributed by atoms with Gasteiger partial charge in [-0.1, -0.05) is 35.9 Å². The van der Waals surface area contributed by atoms with Crippen LogP contribution in [0.5, 0.6) is 6.01 Å². The fourth-order valence-electron chi connectivity index (χ4n) is 4.07. The number of fused-ring (bicyclic) bond motifs is 1. The molecule has 0 radical (unpaired) electrons. The Morgan fingerprint density at radius 3 is 2.16 bits per heavy atom. The monoisotopic (exact) mass is 523 g/mol. The Balaban J connectivity index is 1.75. The minimum Gasteiger partial charge on any atom is -0.467 e. The Labute approximate surface area is 212 Å². The summed E-state index contributed by atoms with van der Waals surface area (Å²) >= 11 is 0. The summed E-state index contributed by atoms with van der Waals surface area (Å²) in [7, 11) is 2.86. The predicted octanol–water partition coefficient (Wildman–Crippen LogP) is 3.10. The van der Waals surface area contributed by atoms with E-state index in [4.69, 9.17) is 4.74 Å². The van der Waals surface area contributed by atoms with Gasteiger partial charge in [0.25, 0.3) is 5.56 Å². The SMILES string of the molecule is COc1ncc(-c2c(-c3ccc(C)cc3)c(=O)n(C)n3c(=O)n(Cc4ccc(C(F)(F)F)nc4)nc23)cn1. The zero-order valence-electron chi connectivity index (χ0n) is 20.4. The average Bonchev–Trinajstić information content (AvgIpc) is 3.22. The Kier molecular flexibility index (Phi) is 6.05. The van der Waals surface area contributed by atoms with Crippen molar-refractivity contribution in [3.05, 3.63) is 92.6 Å². The van der Waals surface area contributed by atoms with Crippen LogP contribution < -0.4 is 16.0 Å². The highest BCUT2D eigenvalue weighted by molar-refractivity contribution is 5.90. The van der Waals surface area contributed by atoms with Gasteiger partial charge in [-0.15, -0.1) is 5.10 Å². The summed E-state index contributed by atoms with van der Waals surface area (Å²) in [6.07, 6.45) is -0.629. The van der Waals surface area contributed by atoms with Crippen LogP contribution >= 0.6 is 0 Å². The van der Waals surface area contributed by atoms with Gasteiger partial charge in [-0.2, -0.15) is 17.7 Å². The van der Waals surface area contributed by atoms with Crippen LogP contribution in [-0.2, 0) is 19.8 Å². The second kappa shape index (κ2) is 9.25. The zero-order chi connectivity index (χ0) is 27.2. The number of pyridine rings is 1. The number of hydrogen-bond donors (Lipinski definition) is 0. The van der Waals surface area contributed by atoms with Gasteiger partial charge in [-0.3, -0.25) is 9.78 Å². The number of alkyl halides is 3. The Bertz CT molecular complexity index is 1750. The molecule has 4 aromatic heterocycles. The summed E-state index contributed by atoms with van der Waals surface area (Å²) in [6.45, 7) is 1.75. The third kappa shape index (κ3) is 4.31. The molecule has 38 heavy (non-hydrogen) atoms. The lowest BCUT2D eigenvalue weighted by Gasteiger charge is -2.13. The van der Waals surface area contributed by atoms with Crippen molar-refractivity contribution in [2.75, 3.05) is 7.11 Å². The molecule has 5 aromatic rings. The summed E-state index contributed by atoms with van der Waals surface area (Å²) in [6, 6.07) is 9.47. The summed E-state index contributed by atoms with van der Waals surface area (Å²) in [5.74, 6) is 0. The van der Waals surface area contributed by atoms with Crippen LogP contribution in [-0.4, -0.2) is 41.0 Å². The van der Waals surface area contributed by atoms with Gasteiger partial charge in [0.1, 0.15) is 5.69 Å². The van der Waals surface area contributed by atoms with Crippen molar-refractivity contribution < 1.29 is 17.9 Å².